The van der Waals surface area contributed by atoms with Crippen LogP contribution in [0.15, 0.2) is 36.5 Å². The maximum atomic E-state index is 14.0. The van der Waals surface area contributed by atoms with Crippen LogP contribution >= 0.6 is 0 Å². The van der Waals surface area contributed by atoms with Crippen molar-refractivity contribution in [3.8, 4) is 0 Å². The minimum atomic E-state index is -0.140. The van der Waals surface area contributed by atoms with Crippen molar-refractivity contribution in [2.45, 2.75) is 6.54 Å². The average molecular weight is 370 g/mol. The molecule has 7 heteroatoms. The Labute approximate surface area is 160 Å². The van der Waals surface area contributed by atoms with Gasteiger partial charge in [0.25, 0.3) is 0 Å². The van der Waals surface area contributed by atoms with Crippen molar-refractivity contribution in [1.29, 1.82) is 0 Å². The predicted octanol–water partition coefficient (Wildman–Crippen LogP) is 1.69. The van der Waals surface area contributed by atoms with Gasteiger partial charge in [-0.1, -0.05) is 12.1 Å². The Kier molecular flexibility index (Phi) is 5.50. The van der Waals surface area contributed by atoms with E-state index in [9.17, 15) is 4.39 Å². The highest BCUT2D eigenvalue weighted by molar-refractivity contribution is 5.48. The fraction of sp³-hybridized carbons (Fsp3) is 0.500. The van der Waals surface area contributed by atoms with Gasteiger partial charge in [-0.2, -0.15) is 0 Å². The molecule has 6 nitrogen and oxygen atoms in total. The van der Waals surface area contributed by atoms with Gasteiger partial charge in [-0.3, -0.25) is 4.90 Å². The van der Waals surface area contributed by atoms with Crippen molar-refractivity contribution in [3.05, 3.63) is 48.0 Å². The molecule has 0 aliphatic carbocycles. The summed E-state index contributed by atoms with van der Waals surface area (Å²) in [6, 6.07) is 9.02. The van der Waals surface area contributed by atoms with E-state index < -0.39 is 0 Å². The summed E-state index contributed by atoms with van der Waals surface area (Å²) in [4.78, 5) is 18.4. The van der Waals surface area contributed by atoms with Gasteiger partial charge in [-0.25, -0.2) is 14.4 Å². The number of aromatic nitrogens is 2. The minimum absolute atomic E-state index is 0.140. The van der Waals surface area contributed by atoms with E-state index >= 15 is 0 Å². The Balaban J connectivity index is 1.34. The molecular weight excluding hydrogens is 343 g/mol. The number of halogens is 1. The van der Waals surface area contributed by atoms with E-state index in [1.165, 1.54) is 6.07 Å². The lowest BCUT2D eigenvalue weighted by atomic mass is 10.2. The zero-order valence-corrected chi connectivity index (χ0v) is 15.9. The first-order chi connectivity index (χ1) is 13.2. The van der Waals surface area contributed by atoms with Crippen molar-refractivity contribution in [2.24, 2.45) is 0 Å². The molecule has 0 bridgehead atoms. The third-order valence-corrected chi connectivity index (χ3v) is 5.44. The van der Waals surface area contributed by atoms with E-state index in [0.717, 1.165) is 70.5 Å². The lowest BCUT2D eigenvalue weighted by molar-refractivity contribution is 0.246. The number of para-hydroxylation sites is 1. The second-order valence-corrected chi connectivity index (χ2v) is 7.35. The summed E-state index contributed by atoms with van der Waals surface area (Å²) in [6.45, 7) is 8.33. The van der Waals surface area contributed by atoms with Gasteiger partial charge in [-0.15, -0.1) is 0 Å². The molecule has 3 heterocycles. The van der Waals surface area contributed by atoms with Gasteiger partial charge >= 0.3 is 0 Å². The van der Waals surface area contributed by atoms with Crippen LogP contribution in [0.4, 0.5) is 16.0 Å². The molecule has 2 aromatic rings. The van der Waals surface area contributed by atoms with E-state index in [1.807, 2.05) is 24.4 Å². The standard InChI is InChI=1S/C20H27FN6/c1-24-8-12-27(13-9-24)20-22-7-6-17(23-20)16-25-10-14-26(15-11-25)19-5-3-2-4-18(19)21/h2-7H,8-16H2,1H3. The molecule has 0 radical (unpaired) electrons. The molecule has 2 fully saturated rings. The van der Waals surface area contributed by atoms with Crippen LogP contribution in [0, 0.1) is 5.82 Å². The maximum absolute atomic E-state index is 14.0. The van der Waals surface area contributed by atoms with Crippen LogP contribution in [-0.2, 0) is 6.54 Å². The van der Waals surface area contributed by atoms with Crippen molar-refractivity contribution >= 4 is 11.6 Å². The lowest BCUT2D eigenvalue weighted by Gasteiger charge is -2.36. The van der Waals surface area contributed by atoms with Crippen molar-refractivity contribution in [1.82, 2.24) is 19.8 Å². The Morgan fingerprint density at radius 3 is 2.33 bits per heavy atom. The van der Waals surface area contributed by atoms with Gasteiger partial charge in [0.2, 0.25) is 5.95 Å². The molecular formula is C20H27FN6. The van der Waals surface area contributed by atoms with Crippen molar-refractivity contribution < 1.29 is 4.39 Å². The molecule has 0 N–H and O–H groups in total. The number of piperazine rings is 2. The van der Waals surface area contributed by atoms with E-state index in [1.54, 1.807) is 6.07 Å². The van der Waals surface area contributed by atoms with Crippen molar-refractivity contribution in [2.75, 3.05) is 69.2 Å². The van der Waals surface area contributed by atoms with Crippen LogP contribution in [0.1, 0.15) is 5.69 Å². The molecule has 144 valence electrons. The highest BCUT2D eigenvalue weighted by Crippen LogP contribution is 2.21. The quantitative estimate of drug-likeness (QED) is 0.816. The summed E-state index contributed by atoms with van der Waals surface area (Å²) in [6.07, 6.45) is 1.87. The number of rotatable bonds is 4. The summed E-state index contributed by atoms with van der Waals surface area (Å²) < 4.78 is 14.0. The van der Waals surface area contributed by atoms with Crippen LogP contribution in [0.25, 0.3) is 0 Å². The first-order valence-corrected chi connectivity index (χ1v) is 9.66. The Hall–Kier alpha value is -2.25. The van der Waals surface area contributed by atoms with Gasteiger partial charge in [0.15, 0.2) is 0 Å². The topological polar surface area (TPSA) is 38.7 Å². The molecule has 0 atom stereocenters. The molecule has 1 aromatic heterocycles. The van der Waals surface area contributed by atoms with E-state index in [2.05, 4.69) is 31.6 Å². The highest BCUT2D eigenvalue weighted by Gasteiger charge is 2.21. The van der Waals surface area contributed by atoms with Crippen LogP contribution in [0.3, 0.4) is 0 Å². The molecule has 1 aromatic carbocycles. The Bertz CT molecular complexity index is 754. The SMILES string of the molecule is CN1CCN(c2nccc(CN3CCN(c4ccccc4F)CC3)n2)CC1. The number of anilines is 2. The van der Waals surface area contributed by atoms with Gasteiger partial charge < -0.3 is 14.7 Å². The summed E-state index contributed by atoms with van der Waals surface area (Å²) >= 11 is 0. The zero-order chi connectivity index (χ0) is 18.6. The predicted molar refractivity (Wildman–Crippen MR) is 106 cm³/mol. The number of hydrogen-bond acceptors (Lipinski definition) is 6. The first-order valence-electron chi connectivity index (χ1n) is 9.66. The van der Waals surface area contributed by atoms with Gasteiger partial charge in [0.05, 0.1) is 11.4 Å². The van der Waals surface area contributed by atoms with Gasteiger partial charge in [0, 0.05) is 65.1 Å². The van der Waals surface area contributed by atoms with Crippen LogP contribution in [0.2, 0.25) is 0 Å². The molecule has 2 aliphatic heterocycles. The second kappa shape index (κ2) is 8.19. The summed E-state index contributed by atoms with van der Waals surface area (Å²) in [7, 11) is 2.15. The molecule has 0 unspecified atom stereocenters. The third-order valence-electron chi connectivity index (χ3n) is 5.44. The number of nitrogens with zero attached hydrogens (tertiary/aromatic N) is 6. The van der Waals surface area contributed by atoms with E-state index in [4.69, 9.17) is 4.98 Å². The zero-order valence-electron chi connectivity index (χ0n) is 15.9. The Morgan fingerprint density at radius 2 is 1.59 bits per heavy atom. The molecule has 2 saturated heterocycles. The van der Waals surface area contributed by atoms with E-state index in [-0.39, 0.29) is 5.82 Å². The molecule has 0 spiro atoms. The summed E-state index contributed by atoms with van der Waals surface area (Å²) in [5.74, 6) is 0.698. The van der Waals surface area contributed by atoms with Crippen LogP contribution in [0.5, 0.6) is 0 Å². The summed E-state index contributed by atoms with van der Waals surface area (Å²) in [5.41, 5.74) is 1.76. The average Bonchev–Trinajstić information content (AvgIpc) is 2.70. The van der Waals surface area contributed by atoms with E-state index in [0.29, 0.717) is 5.69 Å². The largest absolute Gasteiger partial charge is 0.367 e. The minimum Gasteiger partial charge on any atom is -0.367 e. The fourth-order valence-corrected chi connectivity index (χ4v) is 3.72. The van der Waals surface area contributed by atoms with Gasteiger partial charge in [0.1, 0.15) is 5.82 Å². The maximum Gasteiger partial charge on any atom is 0.225 e. The Morgan fingerprint density at radius 1 is 0.889 bits per heavy atom. The lowest BCUT2D eigenvalue weighted by Crippen LogP contribution is -2.46. The third kappa shape index (κ3) is 4.36. The molecule has 0 amide bonds. The molecule has 4 rings (SSSR count). The van der Waals surface area contributed by atoms with Crippen molar-refractivity contribution in [3.63, 3.8) is 0 Å². The number of hydrogen-bond donors (Lipinski definition) is 0. The van der Waals surface area contributed by atoms with Gasteiger partial charge in [-0.05, 0) is 25.2 Å². The highest BCUT2D eigenvalue weighted by atomic mass is 19.1. The number of likely N-dealkylation sites (N-methyl/N-ethyl adjacent to an activating group) is 1. The fourth-order valence-electron chi connectivity index (χ4n) is 3.72. The van der Waals surface area contributed by atoms with Crippen LogP contribution < -0.4 is 9.80 Å². The van der Waals surface area contributed by atoms with Crippen LogP contribution in [-0.4, -0.2) is 79.2 Å². The first kappa shape index (κ1) is 18.1. The molecule has 27 heavy (non-hydrogen) atoms. The number of benzene rings is 1. The smallest absolute Gasteiger partial charge is 0.225 e. The summed E-state index contributed by atoms with van der Waals surface area (Å²) in [5, 5.41) is 0. The second-order valence-electron chi connectivity index (χ2n) is 7.35. The normalized spacial score (nSPS) is 19.5. The molecule has 0 saturated carbocycles. The molecule has 2 aliphatic rings. The monoisotopic (exact) mass is 370 g/mol.